The molecule has 0 aliphatic carbocycles. The van der Waals surface area contributed by atoms with Gasteiger partial charge in [0.05, 0.1) is 17.1 Å². The van der Waals surface area contributed by atoms with Gasteiger partial charge in [0.15, 0.2) is 5.78 Å². The van der Waals surface area contributed by atoms with Gasteiger partial charge in [-0.25, -0.2) is 4.39 Å². The summed E-state index contributed by atoms with van der Waals surface area (Å²) >= 11 is 6.09. The summed E-state index contributed by atoms with van der Waals surface area (Å²) in [7, 11) is 0. The Morgan fingerprint density at radius 3 is 2.24 bits per heavy atom. The van der Waals surface area contributed by atoms with Crippen molar-refractivity contribution in [3.63, 3.8) is 0 Å². The van der Waals surface area contributed by atoms with Crippen molar-refractivity contribution in [1.29, 1.82) is 0 Å². The number of piperazine rings is 1. The summed E-state index contributed by atoms with van der Waals surface area (Å²) in [4.78, 5) is 28.5. The molecule has 0 radical (unpaired) electrons. The van der Waals surface area contributed by atoms with E-state index in [4.69, 9.17) is 11.6 Å². The van der Waals surface area contributed by atoms with Crippen LogP contribution in [-0.4, -0.2) is 54.2 Å². The molecule has 3 rings (SSSR count). The molecule has 0 spiro atoms. The van der Waals surface area contributed by atoms with Crippen molar-refractivity contribution in [2.24, 2.45) is 0 Å². The lowest BCUT2D eigenvalue weighted by molar-refractivity contribution is 0.0624. The molecule has 6 heteroatoms. The molecule has 4 nitrogen and oxygen atoms in total. The SMILES string of the molecule is O=C(CN1CCN(C(=O)c2ccccc2Cl)CC1)c1ccc(F)cc1. The number of hydrogen-bond donors (Lipinski definition) is 0. The van der Waals surface area contributed by atoms with E-state index in [0.717, 1.165) is 0 Å². The molecule has 2 aromatic rings. The Labute approximate surface area is 150 Å². The second-order valence-electron chi connectivity index (χ2n) is 5.98. The summed E-state index contributed by atoms with van der Waals surface area (Å²) in [6.07, 6.45) is 0. The third kappa shape index (κ3) is 4.24. The van der Waals surface area contributed by atoms with Gasteiger partial charge in [-0.15, -0.1) is 0 Å². The fraction of sp³-hybridized carbons (Fsp3) is 0.263. The van der Waals surface area contributed by atoms with Crippen LogP contribution in [-0.2, 0) is 0 Å². The number of nitrogens with zero attached hydrogens (tertiary/aromatic N) is 2. The minimum Gasteiger partial charge on any atom is -0.336 e. The van der Waals surface area contributed by atoms with E-state index in [1.807, 2.05) is 4.90 Å². The molecule has 1 heterocycles. The monoisotopic (exact) mass is 360 g/mol. The Balaban J connectivity index is 1.55. The molecule has 0 aromatic heterocycles. The van der Waals surface area contributed by atoms with Crippen LogP contribution in [0.1, 0.15) is 20.7 Å². The molecule has 0 N–H and O–H groups in total. The van der Waals surface area contributed by atoms with Crippen LogP contribution in [0.2, 0.25) is 5.02 Å². The van der Waals surface area contributed by atoms with Gasteiger partial charge in [0.2, 0.25) is 0 Å². The van der Waals surface area contributed by atoms with Crippen LogP contribution in [0.25, 0.3) is 0 Å². The van der Waals surface area contributed by atoms with Crippen molar-refractivity contribution < 1.29 is 14.0 Å². The maximum Gasteiger partial charge on any atom is 0.255 e. The molecular formula is C19H18ClFN2O2. The van der Waals surface area contributed by atoms with Crippen LogP contribution in [0.15, 0.2) is 48.5 Å². The predicted molar refractivity (Wildman–Crippen MR) is 94.5 cm³/mol. The molecule has 130 valence electrons. The summed E-state index contributed by atoms with van der Waals surface area (Å²) in [5.41, 5.74) is 0.996. The van der Waals surface area contributed by atoms with E-state index < -0.39 is 0 Å². The summed E-state index contributed by atoms with van der Waals surface area (Å²) in [5.74, 6) is -0.496. The maximum atomic E-state index is 12.9. The van der Waals surface area contributed by atoms with Gasteiger partial charge in [-0.2, -0.15) is 0 Å². The van der Waals surface area contributed by atoms with Crippen molar-refractivity contribution in [1.82, 2.24) is 9.80 Å². The highest BCUT2D eigenvalue weighted by atomic mass is 35.5. The van der Waals surface area contributed by atoms with E-state index in [-0.39, 0.29) is 24.1 Å². The first-order valence-electron chi connectivity index (χ1n) is 8.09. The number of Topliss-reactive ketones (excluding diaryl/α,β-unsaturated/α-hetero) is 1. The number of carbonyl (C=O) groups excluding carboxylic acids is 2. The van der Waals surface area contributed by atoms with E-state index in [1.165, 1.54) is 24.3 Å². The molecule has 1 fully saturated rings. The van der Waals surface area contributed by atoms with Crippen LogP contribution in [0.5, 0.6) is 0 Å². The topological polar surface area (TPSA) is 40.6 Å². The van der Waals surface area contributed by atoms with Crippen LogP contribution in [0, 0.1) is 5.82 Å². The van der Waals surface area contributed by atoms with Crippen molar-refractivity contribution in [3.05, 3.63) is 70.5 Å². The molecule has 1 saturated heterocycles. The first kappa shape index (κ1) is 17.6. The highest BCUT2D eigenvalue weighted by molar-refractivity contribution is 6.33. The van der Waals surface area contributed by atoms with Gasteiger partial charge in [-0.1, -0.05) is 23.7 Å². The van der Waals surface area contributed by atoms with Crippen molar-refractivity contribution in [3.8, 4) is 0 Å². The number of hydrogen-bond acceptors (Lipinski definition) is 3. The van der Waals surface area contributed by atoms with Crippen molar-refractivity contribution in [2.45, 2.75) is 0 Å². The quantitative estimate of drug-likeness (QED) is 0.787. The fourth-order valence-corrected chi connectivity index (χ4v) is 3.06. The van der Waals surface area contributed by atoms with Gasteiger partial charge in [0, 0.05) is 31.7 Å². The largest absolute Gasteiger partial charge is 0.336 e. The van der Waals surface area contributed by atoms with Gasteiger partial charge in [0.25, 0.3) is 5.91 Å². The second-order valence-corrected chi connectivity index (χ2v) is 6.39. The number of benzene rings is 2. The fourth-order valence-electron chi connectivity index (χ4n) is 2.84. The third-order valence-electron chi connectivity index (χ3n) is 4.30. The summed E-state index contributed by atoms with van der Waals surface area (Å²) in [6, 6.07) is 12.6. The highest BCUT2D eigenvalue weighted by Gasteiger charge is 2.24. The molecule has 0 saturated carbocycles. The van der Waals surface area contributed by atoms with Crippen LogP contribution in [0.3, 0.4) is 0 Å². The first-order chi connectivity index (χ1) is 12.0. The summed E-state index contributed by atoms with van der Waals surface area (Å²) in [6.45, 7) is 2.58. The zero-order chi connectivity index (χ0) is 17.8. The zero-order valence-electron chi connectivity index (χ0n) is 13.6. The number of rotatable bonds is 4. The van der Waals surface area contributed by atoms with Gasteiger partial charge in [-0.05, 0) is 36.4 Å². The average Bonchev–Trinajstić information content (AvgIpc) is 2.63. The summed E-state index contributed by atoms with van der Waals surface area (Å²) < 4.78 is 12.9. The standard InChI is InChI=1S/C19H18ClFN2O2/c20-17-4-2-1-3-16(17)19(25)23-11-9-22(10-12-23)13-18(24)14-5-7-15(21)8-6-14/h1-8H,9-13H2. The normalized spacial score (nSPS) is 15.2. The average molecular weight is 361 g/mol. The Morgan fingerprint density at radius 1 is 0.960 bits per heavy atom. The van der Waals surface area contributed by atoms with E-state index in [2.05, 4.69) is 0 Å². The van der Waals surface area contributed by atoms with Crippen LogP contribution >= 0.6 is 11.6 Å². The number of carbonyl (C=O) groups is 2. The molecule has 1 aliphatic rings. The molecule has 1 aliphatic heterocycles. The molecular weight excluding hydrogens is 343 g/mol. The Bertz CT molecular complexity index is 771. The lowest BCUT2D eigenvalue weighted by Gasteiger charge is -2.34. The Kier molecular flexibility index (Phi) is 5.46. The number of halogens is 2. The lowest BCUT2D eigenvalue weighted by Crippen LogP contribution is -2.49. The third-order valence-corrected chi connectivity index (χ3v) is 4.63. The van der Waals surface area contributed by atoms with Crippen LogP contribution in [0.4, 0.5) is 4.39 Å². The number of ketones is 1. The molecule has 1 amide bonds. The first-order valence-corrected chi connectivity index (χ1v) is 8.47. The van der Waals surface area contributed by atoms with E-state index in [0.29, 0.717) is 42.3 Å². The van der Waals surface area contributed by atoms with Gasteiger partial charge < -0.3 is 4.90 Å². The minimum atomic E-state index is -0.358. The van der Waals surface area contributed by atoms with E-state index in [1.54, 1.807) is 29.2 Å². The number of amides is 1. The van der Waals surface area contributed by atoms with E-state index >= 15 is 0 Å². The van der Waals surface area contributed by atoms with Crippen molar-refractivity contribution >= 4 is 23.3 Å². The second kappa shape index (κ2) is 7.76. The van der Waals surface area contributed by atoms with Gasteiger partial charge in [-0.3, -0.25) is 14.5 Å². The Morgan fingerprint density at radius 2 is 1.60 bits per heavy atom. The molecule has 0 bridgehead atoms. The Hall–Kier alpha value is -2.24. The molecule has 25 heavy (non-hydrogen) atoms. The van der Waals surface area contributed by atoms with Gasteiger partial charge >= 0.3 is 0 Å². The molecule has 0 unspecified atom stereocenters. The van der Waals surface area contributed by atoms with Gasteiger partial charge in [0.1, 0.15) is 5.82 Å². The van der Waals surface area contributed by atoms with E-state index in [9.17, 15) is 14.0 Å². The smallest absolute Gasteiger partial charge is 0.255 e. The highest BCUT2D eigenvalue weighted by Crippen LogP contribution is 2.18. The lowest BCUT2D eigenvalue weighted by atomic mass is 10.1. The zero-order valence-corrected chi connectivity index (χ0v) is 14.4. The van der Waals surface area contributed by atoms with Crippen LogP contribution < -0.4 is 0 Å². The van der Waals surface area contributed by atoms with Crippen molar-refractivity contribution in [2.75, 3.05) is 32.7 Å². The maximum absolute atomic E-state index is 12.9. The predicted octanol–water partition coefficient (Wildman–Crippen LogP) is 3.12. The minimum absolute atomic E-state index is 0.0501. The molecule has 0 atom stereocenters. The summed E-state index contributed by atoms with van der Waals surface area (Å²) in [5, 5.41) is 0.446. The molecule has 2 aromatic carbocycles.